The summed E-state index contributed by atoms with van der Waals surface area (Å²) in [7, 11) is 0. The summed E-state index contributed by atoms with van der Waals surface area (Å²) in [6, 6.07) is 0. The van der Waals surface area contributed by atoms with Crippen molar-refractivity contribution in [3.8, 4) is 0 Å². The summed E-state index contributed by atoms with van der Waals surface area (Å²) in [5, 5.41) is 4.05. The number of carbonyl (C=O) groups excluding carboxylic acids is 1. The van der Waals surface area contributed by atoms with Crippen molar-refractivity contribution in [2.75, 3.05) is 32.4 Å². The lowest BCUT2D eigenvalue weighted by atomic mass is 9.73. The second kappa shape index (κ2) is 7.27. The van der Waals surface area contributed by atoms with E-state index in [0.717, 1.165) is 69.0 Å². The largest absolute Gasteiger partial charge is 0.342 e. The number of likely N-dealkylation sites (tertiary alicyclic amines) is 2. The van der Waals surface area contributed by atoms with Gasteiger partial charge in [-0.2, -0.15) is 16.7 Å². The lowest BCUT2D eigenvalue weighted by molar-refractivity contribution is -0.139. The Morgan fingerprint density at radius 3 is 3.00 bits per heavy atom. The Bertz CT molecular complexity index is 618. The van der Waals surface area contributed by atoms with E-state index in [1.54, 1.807) is 11.8 Å². The molecule has 1 atom stereocenters. The standard InChI is InChI=1S/C18H28N4O2S/c1-25-11-15-19-16(24-20-15)10-21-8-2-6-18(12-21)7-5-17(23)22(13-18)9-14-3-4-14/h14H,2-13H2,1H3/t18-/m1/s1. The van der Waals surface area contributed by atoms with E-state index >= 15 is 0 Å². The van der Waals surface area contributed by atoms with Gasteiger partial charge in [-0.25, -0.2) is 0 Å². The lowest BCUT2D eigenvalue weighted by Gasteiger charge is -2.48. The van der Waals surface area contributed by atoms with Crippen molar-refractivity contribution in [3.05, 3.63) is 11.7 Å². The van der Waals surface area contributed by atoms with Crippen LogP contribution in [0.5, 0.6) is 0 Å². The molecule has 7 heteroatoms. The first-order chi connectivity index (χ1) is 12.2. The number of rotatable bonds is 6. The molecule has 4 rings (SSSR count). The molecule has 1 spiro atoms. The van der Waals surface area contributed by atoms with Crippen molar-refractivity contribution in [2.45, 2.75) is 50.8 Å². The van der Waals surface area contributed by atoms with Crippen LogP contribution in [0.4, 0.5) is 0 Å². The Kier molecular flexibility index (Phi) is 5.04. The highest BCUT2D eigenvalue weighted by Crippen LogP contribution is 2.40. The van der Waals surface area contributed by atoms with Crippen molar-refractivity contribution in [1.29, 1.82) is 0 Å². The van der Waals surface area contributed by atoms with Crippen LogP contribution in [0.25, 0.3) is 0 Å². The summed E-state index contributed by atoms with van der Waals surface area (Å²) >= 11 is 1.71. The fraction of sp³-hybridized carbons (Fsp3) is 0.833. The molecule has 1 aromatic rings. The first-order valence-corrected chi connectivity index (χ1v) is 10.9. The maximum absolute atomic E-state index is 12.3. The number of hydrogen-bond donors (Lipinski definition) is 0. The topological polar surface area (TPSA) is 62.5 Å². The van der Waals surface area contributed by atoms with Gasteiger partial charge in [0.2, 0.25) is 11.8 Å². The van der Waals surface area contributed by atoms with Crippen LogP contribution < -0.4 is 0 Å². The van der Waals surface area contributed by atoms with Crippen molar-refractivity contribution in [1.82, 2.24) is 19.9 Å². The SMILES string of the molecule is CSCc1noc(CN2CCC[C@@]3(CCC(=O)N(CC4CC4)C3)C2)n1. The minimum Gasteiger partial charge on any atom is -0.342 e. The third-order valence-corrected chi connectivity index (χ3v) is 6.35. The molecule has 138 valence electrons. The first-order valence-electron chi connectivity index (χ1n) is 9.46. The minimum absolute atomic E-state index is 0.267. The van der Waals surface area contributed by atoms with Crippen LogP contribution in [-0.2, 0) is 17.1 Å². The van der Waals surface area contributed by atoms with E-state index in [2.05, 4.69) is 19.9 Å². The number of carbonyl (C=O) groups is 1. The summed E-state index contributed by atoms with van der Waals surface area (Å²) in [6.07, 6.45) is 8.83. The fourth-order valence-corrected chi connectivity index (χ4v) is 4.77. The molecule has 0 aromatic carbocycles. The fourth-order valence-electron chi connectivity index (χ4n) is 4.39. The number of hydrogen-bond acceptors (Lipinski definition) is 6. The smallest absolute Gasteiger partial charge is 0.240 e. The zero-order chi connectivity index (χ0) is 17.3. The highest BCUT2D eigenvalue weighted by atomic mass is 32.2. The van der Waals surface area contributed by atoms with Gasteiger partial charge in [0.05, 0.1) is 12.3 Å². The molecule has 3 aliphatic rings. The van der Waals surface area contributed by atoms with Gasteiger partial charge in [-0.05, 0) is 50.8 Å². The van der Waals surface area contributed by atoms with E-state index in [1.807, 2.05) is 6.26 Å². The zero-order valence-corrected chi connectivity index (χ0v) is 15.9. The molecule has 1 aromatic heterocycles. The van der Waals surface area contributed by atoms with Crippen LogP contribution in [0.3, 0.4) is 0 Å². The molecule has 6 nitrogen and oxygen atoms in total. The molecule has 0 bridgehead atoms. The third kappa shape index (κ3) is 4.19. The van der Waals surface area contributed by atoms with E-state index in [9.17, 15) is 4.79 Å². The quantitative estimate of drug-likeness (QED) is 0.773. The van der Waals surface area contributed by atoms with Gasteiger partial charge in [-0.3, -0.25) is 9.69 Å². The van der Waals surface area contributed by atoms with Crippen LogP contribution in [0, 0.1) is 11.3 Å². The van der Waals surface area contributed by atoms with Crippen LogP contribution >= 0.6 is 11.8 Å². The number of nitrogens with zero attached hydrogens (tertiary/aromatic N) is 4. The van der Waals surface area contributed by atoms with Crippen LogP contribution in [0.1, 0.15) is 50.2 Å². The van der Waals surface area contributed by atoms with E-state index in [-0.39, 0.29) is 5.41 Å². The van der Waals surface area contributed by atoms with Gasteiger partial charge in [0.15, 0.2) is 5.82 Å². The second-order valence-electron chi connectivity index (χ2n) is 8.07. The van der Waals surface area contributed by atoms with Crippen LogP contribution in [0.15, 0.2) is 4.52 Å². The van der Waals surface area contributed by atoms with Crippen LogP contribution in [0.2, 0.25) is 0 Å². The molecule has 3 heterocycles. The van der Waals surface area contributed by atoms with Crippen molar-refractivity contribution < 1.29 is 9.32 Å². The Morgan fingerprint density at radius 2 is 2.20 bits per heavy atom. The van der Waals surface area contributed by atoms with Gasteiger partial charge in [0, 0.05) is 31.5 Å². The van der Waals surface area contributed by atoms with Gasteiger partial charge in [-0.15, -0.1) is 0 Å². The summed E-state index contributed by atoms with van der Waals surface area (Å²) in [5.74, 6) is 3.45. The Morgan fingerprint density at radius 1 is 1.32 bits per heavy atom. The Hall–Kier alpha value is -1.08. The second-order valence-corrected chi connectivity index (χ2v) is 8.94. The molecule has 2 aliphatic heterocycles. The number of aromatic nitrogens is 2. The van der Waals surface area contributed by atoms with E-state index < -0.39 is 0 Å². The van der Waals surface area contributed by atoms with E-state index in [1.165, 1.54) is 25.7 Å². The molecular weight excluding hydrogens is 336 g/mol. The van der Waals surface area contributed by atoms with E-state index in [0.29, 0.717) is 5.91 Å². The minimum atomic E-state index is 0.267. The molecule has 0 unspecified atom stereocenters. The molecule has 25 heavy (non-hydrogen) atoms. The monoisotopic (exact) mass is 364 g/mol. The van der Waals surface area contributed by atoms with Gasteiger partial charge in [0.25, 0.3) is 0 Å². The van der Waals surface area contributed by atoms with Crippen molar-refractivity contribution >= 4 is 17.7 Å². The summed E-state index contributed by atoms with van der Waals surface area (Å²) in [5.41, 5.74) is 0.267. The molecule has 3 fully saturated rings. The summed E-state index contributed by atoms with van der Waals surface area (Å²) in [6.45, 7) is 4.79. The van der Waals surface area contributed by atoms with Gasteiger partial charge in [-0.1, -0.05) is 5.16 Å². The third-order valence-electron chi connectivity index (χ3n) is 5.81. The maximum Gasteiger partial charge on any atom is 0.240 e. The normalized spacial score (nSPS) is 28.0. The molecule has 0 N–H and O–H groups in total. The lowest BCUT2D eigenvalue weighted by Crippen LogP contribution is -2.54. The summed E-state index contributed by atoms with van der Waals surface area (Å²) < 4.78 is 5.41. The molecule has 1 amide bonds. The number of thioether (sulfide) groups is 1. The van der Waals surface area contributed by atoms with Gasteiger partial charge in [0.1, 0.15) is 0 Å². The van der Waals surface area contributed by atoms with Crippen molar-refractivity contribution in [2.24, 2.45) is 11.3 Å². The number of amides is 1. The summed E-state index contributed by atoms with van der Waals surface area (Å²) in [4.78, 5) is 21.4. The molecule has 2 saturated heterocycles. The molecule has 1 saturated carbocycles. The highest BCUT2D eigenvalue weighted by molar-refractivity contribution is 7.97. The highest BCUT2D eigenvalue weighted by Gasteiger charge is 2.42. The van der Waals surface area contributed by atoms with E-state index in [4.69, 9.17) is 4.52 Å². The van der Waals surface area contributed by atoms with Crippen LogP contribution in [-0.4, -0.2) is 58.3 Å². The molecule has 1 aliphatic carbocycles. The molecular formula is C18H28N4O2S. The predicted octanol–water partition coefficient (Wildman–Crippen LogP) is 2.55. The van der Waals surface area contributed by atoms with Gasteiger partial charge < -0.3 is 9.42 Å². The average molecular weight is 365 g/mol. The van der Waals surface area contributed by atoms with Gasteiger partial charge >= 0.3 is 0 Å². The first kappa shape index (κ1) is 17.3. The Labute approximate surface area is 153 Å². The zero-order valence-electron chi connectivity index (χ0n) is 15.1. The number of piperidine rings is 2. The maximum atomic E-state index is 12.3. The average Bonchev–Trinajstić information content (AvgIpc) is 3.31. The van der Waals surface area contributed by atoms with Crippen molar-refractivity contribution in [3.63, 3.8) is 0 Å². The Balaban J connectivity index is 1.38. The predicted molar refractivity (Wildman–Crippen MR) is 97.0 cm³/mol. The molecule has 0 radical (unpaired) electrons.